The molecule has 0 saturated heterocycles. The summed E-state index contributed by atoms with van der Waals surface area (Å²) in [7, 11) is 1.77. The maximum atomic E-state index is 12.9. The van der Waals surface area contributed by atoms with Gasteiger partial charge in [-0.3, -0.25) is 14.8 Å². The Hall–Kier alpha value is -5.64. The number of alkyl halides is 3. The van der Waals surface area contributed by atoms with Gasteiger partial charge in [-0.25, -0.2) is 14.6 Å². The first kappa shape index (κ1) is 40.1. The molecule has 286 valence electrons. The fraction of sp³-hybridized carbons (Fsp3) is 0.406. The molecule has 0 saturated carbocycles. The van der Waals surface area contributed by atoms with Crippen LogP contribution in [-0.2, 0) is 37.3 Å². The van der Waals surface area contributed by atoms with Gasteiger partial charge in [0, 0.05) is 38.7 Å². The van der Waals surface area contributed by atoms with Crippen molar-refractivity contribution in [1.29, 1.82) is 0 Å². The molecular weight excluding hydrogens is 709 g/mol. The highest BCUT2D eigenvalue weighted by atomic mass is 19.4. The van der Waals surface area contributed by atoms with E-state index in [0.717, 1.165) is 12.0 Å². The molecule has 6 N–H and O–H groups in total. The number of hydrogen-bond donors (Lipinski definition) is 5. The summed E-state index contributed by atoms with van der Waals surface area (Å²) >= 11 is 0. The molecule has 0 atom stereocenters. The number of carboxylic acid groups (broad SMARTS) is 1. The van der Waals surface area contributed by atoms with Crippen LogP contribution in [0.25, 0.3) is 28.3 Å². The number of hydrogen-bond acceptors (Lipinski definition) is 12. The van der Waals surface area contributed by atoms with Crippen LogP contribution in [0.4, 0.5) is 29.6 Å². The first-order valence-corrected chi connectivity index (χ1v) is 16.3. The van der Waals surface area contributed by atoms with Crippen molar-refractivity contribution in [3.63, 3.8) is 0 Å². The fourth-order valence-electron chi connectivity index (χ4n) is 4.44. The van der Waals surface area contributed by atoms with Crippen molar-refractivity contribution < 1.29 is 51.3 Å². The lowest BCUT2D eigenvalue weighted by molar-refractivity contribution is -0.192. The second-order valence-corrected chi connectivity index (χ2v) is 11.1. The van der Waals surface area contributed by atoms with Crippen LogP contribution in [0.2, 0.25) is 0 Å². The summed E-state index contributed by atoms with van der Waals surface area (Å²) in [5.41, 5.74) is 7.62. The molecule has 21 heteroatoms. The number of carbonyl (C=O) groups is 3. The Morgan fingerprint density at radius 1 is 0.925 bits per heavy atom. The Morgan fingerprint density at radius 2 is 1.58 bits per heavy atom. The van der Waals surface area contributed by atoms with Gasteiger partial charge in [-0.15, -0.1) is 5.10 Å². The third-order valence-electron chi connectivity index (χ3n) is 6.88. The highest BCUT2D eigenvalue weighted by Crippen LogP contribution is 2.24. The average Bonchev–Trinajstić information content (AvgIpc) is 3.88. The maximum Gasteiger partial charge on any atom is 0.490 e. The molecule has 0 spiro atoms. The Bertz CT molecular complexity index is 1910. The smallest absolute Gasteiger partial charge is 0.475 e. The maximum absolute atomic E-state index is 12.9. The van der Waals surface area contributed by atoms with E-state index in [1.807, 2.05) is 0 Å². The van der Waals surface area contributed by atoms with Gasteiger partial charge in [0.15, 0.2) is 17.1 Å². The lowest BCUT2D eigenvalue weighted by atomic mass is 10.1. The number of aliphatic carboxylic acids is 1. The van der Waals surface area contributed by atoms with E-state index in [1.165, 1.54) is 10.8 Å². The number of urea groups is 1. The van der Waals surface area contributed by atoms with Crippen LogP contribution >= 0.6 is 0 Å². The van der Waals surface area contributed by atoms with Gasteiger partial charge in [0.2, 0.25) is 17.7 Å². The Balaban J connectivity index is 0.000000815. The molecule has 0 aliphatic heterocycles. The van der Waals surface area contributed by atoms with Crippen molar-refractivity contribution in [2.75, 3.05) is 63.4 Å². The first-order chi connectivity index (χ1) is 25.4. The summed E-state index contributed by atoms with van der Waals surface area (Å²) in [6.07, 6.45) is -0.0181. The molecule has 0 fully saturated rings. The molecule has 5 rings (SSSR count). The number of anilines is 2. The van der Waals surface area contributed by atoms with Gasteiger partial charge < -0.3 is 40.1 Å². The summed E-state index contributed by atoms with van der Waals surface area (Å²) in [6, 6.07) is 9.96. The molecule has 0 unspecified atom stereocenters. The summed E-state index contributed by atoms with van der Waals surface area (Å²) in [5, 5.41) is 25.0. The third kappa shape index (κ3) is 12.8. The summed E-state index contributed by atoms with van der Waals surface area (Å²) in [6.45, 7) is 4.36. The second kappa shape index (κ2) is 19.8. The number of nitrogens with one attached hydrogen (secondary N) is 3. The molecule has 0 aliphatic carbocycles. The van der Waals surface area contributed by atoms with E-state index in [0.29, 0.717) is 93.1 Å². The number of rotatable bonds is 18. The number of aryl methyl sites for hydroxylation is 1. The molecule has 1 aromatic carbocycles. The molecular formula is C32H39F3N10O8. The highest BCUT2D eigenvalue weighted by Gasteiger charge is 2.38. The van der Waals surface area contributed by atoms with E-state index in [-0.39, 0.29) is 18.3 Å². The van der Waals surface area contributed by atoms with Crippen molar-refractivity contribution >= 4 is 46.2 Å². The second-order valence-electron chi connectivity index (χ2n) is 11.1. The number of amides is 3. The molecule has 0 radical (unpaired) electrons. The number of halogens is 3. The monoisotopic (exact) mass is 748 g/mol. The van der Waals surface area contributed by atoms with Crippen molar-refractivity contribution in [2.24, 2.45) is 12.8 Å². The molecule has 4 heterocycles. The molecule has 0 bridgehead atoms. The number of aromatic nitrogens is 6. The van der Waals surface area contributed by atoms with Gasteiger partial charge in [-0.2, -0.15) is 27.8 Å². The minimum atomic E-state index is -5.08. The van der Waals surface area contributed by atoms with Crippen molar-refractivity contribution in [3.05, 3.63) is 54.4 Å². The van der Waals surface area contributed by atoms with Gasteiger partial charge in [0.05, 0.1) is 44.5 Å². The van der Waals surface area contributed by atoms with E-state index in [4.69, 9.17) is 34.3 Å². The van der Waals surface area contributed by atoms with Crippen LogP contribution < -0.4 is 21.7 Å². The summed E-state index contributed by atoms with van der Waals surface area (Å²) in [4.78, 5) is 43.2. The Kier molecular flexibility index (Phi) is 15.0. The minimum absolute atomic E-state index is 0.0989. The number of fused-ring (bicyclic) bond motifs is 3. The van der Waals surface area contributed by atoms with Crippen molar-refractivity contribution in [1.82, 2.24) is 34.7 Å². The quantitative estimate of drug-likeness (QED) is 0.0812. The zero-order valence-electron chi connectivity index (χ0n) is 28.6. The number of furan rings is 1. The minimum Gasteiger partial charge on any atom is -0.475 e. The predicted molar refractivity (Wildman–Crippen MR) is 183 cm³/mol. The molecule has 0 aliphatic rings. The van der Waals surface area contributed by atoms with E-state index >= 15 is 0 Å². The SMILES string of the molecule is Cn1cc2c(nc(NC(=O)Nc3ccc(CC(=O)NCCCOCCOCCOCCCN)cc3)n3nc(-c4ccco4)nc23)n1.O=C(O)C(F)(F)F. The third-order valence-corrected chi connectivity index (χ3v) is 6.88. The zero-order valence-corrected chi connectivity index (χ0v) is 28.6. The Labute approximate surface area is 299 Å². The van der Waals surface area contributed by atoms with Gasteiger partial charge >= 0.3 is 18.2 Å². The Morgan fingerprint density at radius 3 is 2.21 bits per heavy atom. The summed E-state index contributed by atoms with van der Waals surface area (Å²) in [5.74, 6) is -1.90. The number of nitrogens with zero attached hydrogens (tertiary/aromatic N) is 6. The lowest BCUT2D eigenvalue weighted by Gasteiger charge is -2.09. The van der Waals surface area contributed by atoms with Crippen LogP contribution in [-0.4, -0.2) is 111 Å². The number of carboxylic acids is 1. The molecule has 53 heavy (non-hydrogen) atoms. The molecule has 18 nitrogen and oxygen atoms in total. The van der Waals surface area contributed by atoms with Gasteiger partial charge in [-0.1, -0.05) is 12.1 Å². The van der Waals surface area contributed by atoms with E-state index in [1.54, 1.807) is 54.3 Å². The van der Waals surface area contributed by atoms with Gasteiger partial charge in [0.25, 0.3) is 0 Å². The summed E-state index contributed by atoms with van der Waals surface area (Å²) < 4.78 is 56.5. The highest BCUT2D eigenvalue weighted by molar-refractivity contribution is 6.00. The predicted octanol–water partition coefficient (Wildman–Crippen LogP) is 3.00. The van der Waals surface area contributed by atoms with Crippen LogP contribution in [0.5, 0.6) is 0 Å². The average molecular weight is 749 g/mol. The topological polar surface area (TPSA) is 235 Å². The normalized spacial score (nSPS) is 11.3. The van der Waals surface area contributed by atoms with E-state index in [2.05, 4.69) is 36.1 Å². The molecule has 5 aromatic rings. The number of ether oxygens (including phenoxy) is 3. The van der Waals surface area contributed by atoms with E-state index in [9.17, 15) is 22.8 Å². The van der Waals surface area contributed by atoms with Crippen molar-refractivity contribution in [2.45, 2.75) is 25.4 Å². The lowest BCUT2D eigenvalue weighted by Crippen LogP contribution is -2.27. The number of nitrogens with two attached hydrogens (primary N) is 1. The molecule has 3 amide bonds. The van der Waals surface area contributed by atoms with Crippen molar-refractivity contribution in [3.8, 4) is 11.6 Å². The largest absolute Gasteiger partial charge is 0.490 e. The van der Waals surface area contributed by atoms with E-state index < -0.39 is 18.2 Å². The first-order valence-electron chi connectivity index (χ1n) is 16.3. The molecule has 4 aromatic heterocycles. The van der Waals surface area contributed by atoms with Gasteiger partial charge in [0.1, 0.15) is 0 Å². The van der Waals surface area contributed by atoms with Crippen LogP contribution in [0.3, 0.4) is 0 Å². The van der Waals surface area contributed by atoms with Crippen LogP contribution in [0, 0.1) is 0 Å². The zero-order chi connectivity index (χ0) is 38.2. The van der Waals surface area contributed by atoms with Crippen LogP contribution in [0.15, 0.2) is 53.3 Å². The van der Waals surface area contributed by atoms with Crippen LogP contribution in [0.1, 0.15) is 18.4 Å². The number of benzene rings is 1. The number of carbonyl (C=O) groups excluding carboxylic acids is 2. The fourth-order valence-corrected chi connectivity index (χ4v) is 4.44. The van der Waals surface area contributed by atoms with Gasteiger partial charge in [-0.05, 0) is 49.2 Å². The standard InChI is InChI=1S/C30H38N10O6.C2HF3O2/c1-39-20-23-26(37-39)35-29(40-28(23)34-27(38-40)24-5-2-14-46-24)36-30(42)33-22-8-6-21(7-9-22)19-25(41)32-11-4-13-44-16-18-45-17-15-43-12-3-10-31;3-2(4,5)1(6)7/h2,5-9,14,20H,3-4,10-13,15-19,31H2,1H3,(H,32,41)(H2,33,35,36,37,42);(H,6,7).